The number of Topliss-reactive ketones (excluding diaryl/α,β-unsaturated/α-hetero) is 1. The summed E-state index contributed by atoms with van der Waals surface area (Å²) in [5, 5.41) is 34.8. The first-order chi connectivity index (χ1) is 20.7. The van der Waals surface area contributed by atoms with Crippen LogP contribution in [0.1, 0.15) is 140 Å². The number of aliphatic hydroxyl groups is 3. The van der Waals surface area contributed by atoms with Gasteiger partial charge in [-0.1, -0.05) is 119 Å². The van der Waals surface area contributed by atoms with E-state index in [9.17, 15) is 29.7 Å². The summed E-state index contributed by atoms with van der Waals surface area (Å²) in [5.41, 5.74) is -4.71. The highest BCUT2D eigenvalue weighted by Crippen LogP contribution is 2.77. The number of hydrogen-bond donors (Lipinski definition) is 3. The van der Waals surface area contributed by atoms with E-state index in [0.717, 1.165) is 19.3 Å². The van der Waals surface area contributed by atoms with Crippen molar-refractivity contribution in [3.63, 3.8) is 0 Å². The lowest BCUT2D eigenvalue weighted by Crippen LogP contribution is -2.66. The van der Waals surface area contributed by atoms with Crippen molar-refractivity contribution >= 4 is 17.7 Å². The van der Waals surface area contributed by atoms with Crippen LogP contribution < -0.4 is 0 Å². The van der Waals surface area contributed by atoms with Gasteiger partial charge < -0.3 is 24.8 Å². The second-order valence-electron chi connectivity index (χ2n) is 14.7. The molecule has 0 aliphatic heterocycles. The average Bonchev–Trinajstić information content (AvgIpc) is 3.38. The molecule has 0 aromatic carbocycles. The van der Waals surface area contributed by atoms with Crippen molar-refractivity contribution in [3.05, 3.63) is 23.3 Å². The molecule has 0 bridgehead atoms. The molecule has 0 amide bonds. The van der Waals surface area contributed by atoms with Crippen LogP contribution in [0.25, 0.3) is 0 Å². The molecular formula is C38H64O8. The fourth-order valence-electron chi connectivity index (χ4n) is 9.20. The SMILES string of the molecule is C.C.CCCCCCCCCCCCCC(=O)O[C@@H]1C(C)[C@@]2(O)[C@@H](C=C(CO)C[C@]3(O)C(=O)C(C)=C[C@@H]23)[C@@H]2C(C)(C)[C@]12OC(C)=O. The summed E-state index contributed by atoms with van der Waals surface area (Å²) in [5.74, 6) is -4.29. The maximum atomic E-state index is 13.3. The Bertz CT molecular complexity index is 1160. The zero-order chi connectivity index (χ0) is 32.5. The summed E-state index contributed by atoms with van der Waals surface area (Å²) in [6.07, 6.45) is 15.4. The number of carbonyl (C=O) groups is 3. The van der Waals surface area contributed by atoms with Crippen LogP contribution in [0.2, 0.25) is 0 Å². The summed E-state index contributed by atoms with van der Waals surface area (Å²) in [7, 11) is 0. The number of aliphatic hydroxyl groups excluding tert-OH is 1. The first-order valence-corrected chi connectivity index (χ1v) is 17.1. The van der Waals surface area contributed by atoms with Crippen LogP contribution in [-0.4, -0.2) is 62.6 Å². The number of esters is 2. The topological polar surface area (TPSA) is 130 Å². The molecule has 8 heteroatoms. The number of ether oxygens (including phenoxy) is 2. The summed E-state index contributed by atoms with van der Waals surface area (Å²) in [4.78, 5) is 39.1. The third-order valence-corrected chi connectivity index (χ3v) is 11.5. The highest BCUT2D eigenvalue weighted by atomic mass is 16.6. The van der Waals surface area contributed by atoms with Crippen LogP contribution in [0.3, 0.4) is 0 Å². The van der Waals surface area contributed by atoms with Crippen LogP contribution in [0, 0.1) is 29.1 Å². The Kier molecular flexibility index (Phi) is 13.5. The molecule has 4 aliphatic carbocycles. The third-order valence-electron chi connectivity index (χ3n) is 11.5. The van der Waals surface area contributed by atoms with Gasteiger partial charge in [-0.2, -0.15) is 0 Å². The van der Waals surface area contributed by atoms with E-state index in [1.807, 2.05) is 13.8 Å². The second-order valence-corrected chi connectivity index (χ2v) is 14.7. The van der Waals surface area contributed by atoms with Crippen molar-refractivity contribution in [1.29, 1.82) is 0 Å². The monoisotopic (exact) mass is 648 g/mol. The van der Waals surface area contributed by atoms with Gasteiger partial charge in [0.05, 0.1) is 12.2 Å². The molecule has 4 aliphatic rings. The van der Waals surface area contributed by atoms with Gasteiger partial charge in [-0.05, 0) is 24.5 Å². The van der Waals surface area contributed by atoms with Gasteiger partial charge in [0.25, 0.3) is 0 Å². The molecule has 2 saturated carbocycles. The minimum atomic E-state index is -1.93. The van der Waals surface area contributed by atoms with E-state index in [2.05, 4.69) is 6.92 Å². The molecule has 0 heterocycles. The summed E-state index contributed by atoms with van der Waals surface area (Å²) in [6, 6.07) is 0. The molecule has 0 radical (unpaired) electrons. The maximum absolute atomic E-state index is 13.3. The Morgan fingerprint density at radius 2 is 1.48 bits per heavy atom. The Balaban J connectivity index is 0.00000368. The van der Waals surface area contributed by atoms with Gasteiger partial charge in [-0.15, -0.1) is 0 Å². The molecule has 0 aromatic heterocycles. The van der Waals surface area contributed by atoms with Crippen molar-refractivity contribution in [3.8, 4) is 0 Å². The summed E-state index contributed by atoms with van der Waals surface area (Å²) < 4.78 is 12.3. The van der Waals surface area contributed by atoms with Crippen molar-refractivity contribution in [2.75, 3.05) is 6.61 Å². The van der Waals surface area contributed by atoms with Gasteiger partial charge in [0.15, 0.2) is 11.4 Å². The molecule has 3 N–H and O–H groups in total. The van der Waals surface area contributed by atoms with Gasteiger partial charge in [0.1, 0.15) is 11.7 Å². The van der Waals surface area contributed by atoms with E-state index in [1.165, 1.54) is 51.9 Å². The lowest BCUT2D eigenvalue weighted by atomic mass is 9.59. The van der Waals surface area contributed by atoms with Crippen LogP contribution in [-0.2, 0) is 23.9 Å². The lowest BCUT2D eigenvalue weighted by Gasteiger charge is -2.53. The van der Waals surface area contributed by atoms with Gasteiger partial charge in [0.2, 0.25) is 0 Å². The van der Waals surface area contributed by atoms with E-state index in [4.69, 9.17) is 9.47 Å². The van der Waals surface area contributed by atoms with Crippen molar-refractivity contribution < 1.29 is 39.2 Å². The Hall–Kier alpha value is -2.03. The van der Waals surface area contributed by atoms with Gasteiger partial charge in [-0.3, -0.25) is 14.4 Å². The quantitative estimate of drug-likeness (QED) is 0.0981. The van der Waals surface area contributed by atoms with Gasteiger partial charge in [0, 0.05) is 48.9 Å². The van der Waals surface area contributed by atoms with Crippen LogP contribution in [0.4, 0.5) is 0 Å². The van der Waals surface area contributed by atoms with Crippen LogP contribution in [0.5, 0.6) is 0 Å². The number of rotatable bonds is 15. The predicted octanol–water partition coefficient (Wildman–Crippen LogP) is 7.03. The Labute approximate surface area is 278 Å². The minimum absolute atomic E-state index is 0. The molecule has 264 valence electrons. The lowest BCUT2D eigenvalue weighted by molar-refractivity contribution is -0.228. The second kappa shape index (κ2) is 15.5. The fourth-order valence-corrected chi connectivity index (χ4v) is 9.20. The third kappa shape index (κ3) is 6.78. The van der Waals surface area contributed by atoms with Crippen molar-refractivity contribution in [1.82, 2.24) is 0 Å². The first kappa shape index (κ1) is 40.1. The molecule has 1 unspecified atom stereocenters. The summed E-state index contributed by atoms with van der Waals surface area (Å²) in [6.45, 7) is 10.4. The average molecular weight is 649 g/mol. The van der Waals surface area contributed by atoms with Crippen LogP contribution >= 0.6 is 0 Å². The van der Waals surface area contributed by atoms with E-state index in [-0.39, 0.29) is 34.3 Å². The minimum Gasteiger partial charge on any atom is -0.458 e. The zero-order valence-electron chi connectivity index (χ0n) is 27.8. The Morgan fingerprint density at radius 1 is 0.935 bits per heavy atom. The van der Waals surface area contributed by atoms with Gasteiger partial charge in [-0.25, -0.2) is 0 Å². The molecule has 0 aromatic rings. The summed E-state index contributed by atoms with van der Waals surface area (Å²) >= 11 is 0. The molecule has 2 fully saturated rings. The molecule has 8 atom stereocenters. The van der Waals surface area contributed by atoms with E-state index >= 15 is 0 Å². The number of carbonyl (C=O) groups excluding carboxylic acids is 3. The largest absolute Gasteiger partial charge is 0.458 e. The standard InChI is InChI=1S/C36H56O8.2CH4/c1-7-8-9-10-11-12-13-14-15-16-17-18-29(39)43-32-24(3)35(42)27(30-33(5,6)36(30,32)44-25(4)38)20-26(22-37)21-34(41)28(35)19-23(2)31(34)40;;/h19-20,24,27-28,30,32,37,41-42H,7-18,21-22H2,1-6H3;2*1H4/t24?,27-,28+,30+,32+,34+,35+,36+;;/m0../s1. The number of fused-ring (bicyclic) bond motifs is 5. The van der Waals surface area contributed by atoms with E-state index in [0.29, 0.717) is 17.6 Å². The zero-order valence-corrected chi connectivity index (χ0v) is 27.8. The molecule has 4 rings (SSSR count). The van der Waals surface area contributed by atoms with Crippen molar-refractivity contribution in [2.45, 2.75) is 163 Å². The van der Waals surface area contributed by atoms with E-state index in [1.54, 1.807) is 26.0 Å². The van der Waals surface area contributed by atoms with Crippen molar-refractivity contribution in [2.24, 2.45) is 29.1 Å². The molecule has 46 heavy (non-hydrogen) atoms. The highest BCUT2D eigenvalue weighted by Gasteiger charge is 2.87. The normalized spacial score (nSPS) is 35.2. The predicted molar refractivity (Wildman–Crippen MR) is 181 cm³/mol. The molecule has 0 spiro atoms. The van der Waals surface area contributed by atoms with Gasteiger partial charge >= 0.3 is 11.9 Å². The molecular weight excluding hydrogens is 584 g/mol. The number of ketones is 1. The smallest absolute Gasteiger partial charge is 0.306 e. The molecule has 8 nitrogen and oxygen atoms in total. The number of hydrogen-bond acceptors (Lipinski definition) is 8. The van der Waals surface area contributed by atoms with Crippen LogP contribution in [0.15, 0.2) is 23.3 Å². The maximum Gasteiger partial charge on any atom is 0.306 e. The number of unbranched alkanes of at least 4 members (excludes halogenated alkanes) is 10. The molecule has 0 saturated heterocycles. The first-order valence-electron chi connectivity index (χ1n) is 17.1. The fraction of sp³-hybridized carbons (Fsp3) is 0.816. The Morgan fingerprint density at radius 3 is 2.00 bits per heavy atom. The van der Waals surface area contributed by atoms with E-state index < -0.39 is 69.7 Å². The highest BCUT2D eigenvalue weighted by molar-refractivity contribution is 6.04.